The predicted molar refractivity (Wildman–Crippen MR) is 40.6 cm³/mol. The second kappa shape index (κ2) is 2.54. The van der Waals surface area contributed by atoms with Crippen LogP contribution in [0.1, 0.15) is 20.3 Å². The van der Waals surface area contributed by atoms with Gasteiger partial charge in [-0.2, -0.15) is 5.26 Å². The molecule has 0 unspecified atom stereocenters. The minimum atomic E-state index is -0.0353. The number of hydrogen-bond acceptors (Lipinski definition) is 2. The molecule has 0 atom stereocenters. The molecule has 0 bridgehead atoms. The van der Waals surface area contributed by atoms with E-state index in [-0.39, 0.29) is 17.7 Å². The topological polar surface area (TPSA) is 44.1 Å². The molecule has 0 N–H and O–H groups in total. The lowest BCUT2D eigenvalue weighted by Crippen LogP contribution is -2.55. The first-order chi connectivity index (χ1) is 5.05. The van der Waals surface area contributed by atoms with Crippen molar-refractivity contribution in [1.29, 1.82) is 5.26 Å². The summed E-state index contributed by atoms with van der Waals surface area (Å²) in [5.74, 6) is -0.0353. The zero-order chi connectivity index (χ0) is 8.48. The number of carbonyl (C=O) groups is 1. The van der Waals surface area contributed by atoms with E-state index in [0.29, 0.717) is 0 Å². The van der Waals surface area contributed by atoms with Crippen molar-refractivity contribution in [2.24, 2.45) is 5.41 Å². The Morgan fingerprint density at radius 3 is 2.55 bits per heavy atom. The van der Waals surface area contributed by atoms with E-state index in [9.17, 15) is 4.79 Å². The summed E-state index contributed by atoms with van der Waals surface area (Å²) in [6, 6.07) is 1.85. The third-order valence-corrected chi connectivity index (χ3v) is 1.82. The second-order valence-electron chi connectivity index (χ2n) is 3.75. The number of carbonyl (C=O) groups excluding carboxylic acids is 1. The fourth-order valence-corrected chi connectivity index (χ4v) is 1.34. The van der Waals surface area contributed by atoms with Crippen LogP contribution < -0.4 is 0 Å². The van der Waals surface area contributed by atoms with Crippen LogP contribution in [0, 0.1) is 16.7 Å². The monoisotopic (exact) mass is 152 g/mol. The zero-order valence-electron chi connectivity index (χ0n) is 6.92. The molecule has 0 aliphatic carbocycles. The van der Waals surface area contributed by atoms with E-state index in [2.05, 4.69) is 13.8 Å². The molecule has 1 saturated heterocycles. The Balaban J connectivity index is 2.34. The Labute approximate surface area is 66.6 Å². The Bertz CT molecular complexity index is 207. The molecule has 0 radical (unpaired) electrons. The SMILES string of the molecule is CC1(C)CN(C(=O)CC#N)C1. The smallest absolute Gasteiger partial charge is 0.236 e. The zero-order valence-corrected chi connectivity index (χ0v) is 6.92. The molecule has 0 saturated carbocycles. The predicted octanol–water partition coefficient (Wildman–Crippen LogP) is 0.768. The van der Waals surface area contributed by atoms with E-state index in [1.807, 2.05) is 6.07 Å². The number of amides is 1. The van der Waals surface area contributed by atoms with E-state index >= 15 is 0 Å². The largest absolute Gasteiger partial charge is 0.341 e. The van der Waals surface area contributed by atoms with Gasteiger partial charge in [0.25, 0.3) is 0 Å². The van der Waals surface area contributed by atoms with Gasteiger partial charge in [-0.15, -0.1) is 0 Å². The standard InChI is InChI=1S/C8H12N2O/c1-8(2)5-10(6-8)7(11)3-4-9/h3,5-6H2,1-2H3. The number of hydrogen-bond donors (Lipinski definition) is 0. The maximum atomic E-state index is 11.0. The van der Waals surface area contributed by atoms with Gasteiger partial charge in [-0.05, 0) is 5.41 Å². The van der Waals surface area contributed by atoms with E-state index in [0.717, 1.165) is 13.1 Å². The third-order valence-electron chi connectivity index (χ3n) is 1.82. The summed E-state index contributed by atoms with van der Waals surface area (Å²) in [5.41, 5.74) is 0.269. The van der Waals surface area contributed by atoms with Crippen LogP contribution in [0.15, 0.2) is 0 Å². The van der Waals surface area contributed by atoms with Crippen LogP contribution in [0.4, 0.5) is 0 Å². The molecule has 0 spiro atoms. The van der Waals surface area contributed by atoms with Crippen molar-refractivity contribution in [3.05, 3.63) is 0 Å². The van der Waals surface area contributed by atoms with Gasteiger partial charge in [0.05, 0.1) is 6.07 Å². The molecular formula is C8H12N2O. The minimum Gasteiger partial charge on any atom is -0.341 e. The summed E-state index contributed by atoms with van der Waals surface area (Å²) >= 11 is 0. The van der Waals surface area contributed by atoms with E-state index < -0.39 is 0 Å². The van der Waals surface area contributed by atoms with Crippen molar-refractivity contribution < 1.29 is 4.79 Å². The minimum absolute atomic E-state index is 0.0239. The highest BCUT2D eigenvalue weighted by molar-refractivity contribution is 5.79. The normalized spacial score (nSPS) is 20.3. The van der Waals surface area contributed by atoms with E-state index in [4.69, 9.17) is 5.26 Å². The van der Waals surface area contributed by atoms with Crippen molar-refractivity contribution in [3.8, 4) is 6.07 Å². The maximum Gasteiger partial charge on any atom is 0.236 e. The summed E-state index contributed by atoms with van der Waals surface area (Å²) in [7, 11) is 0. The van der Waals surface area contributed by atoms with Crippen molar-refractivity contribution >= 4 is 5.91 Å². The fourth-order valence-electron chi connectivity index (χ4n) is 1.34. The van der Waals surface area contributed by atoms with Gasteiger partial charge in [-0.25, -0.2) is 0 Å². The molecule has 3 nitrogen and oxygen atoms in total. The molecule has 11 heavy (non-hydrogen) atoms. The Morgan fingerprint density at radius 2 is 2.18 bits per heavy atom. The molecule has 60 valence electrons. The van der Waals surface area contributed by atoms with Crippen molar-refractivity contribution in [2.45, 2.75) is 20.3 Å². The molecule has 3 heteroatoms. The number of rotatable bonds is 1. The average molecular weight is 152 g/mol. The van der Waals surface area contributed by atoms with E-state index in [1.165, 1.54) is 0 Å². The van der Waals surface area contributed by atoms with Crippen LogP contribution in [0.2, 0.25) is 0 Å². The van der Waals surface area contributed by atoms with Gasteiger partial charge in [0, 0.05) is 13.1 Å². The fraction of sp³-hybridized carbons (Fsp3) is 0.750. The van der Waals surface area contributed by atoms with Gasteiger partial charge in [-0.3, -0.25) is 4.79 Å². The molecule has 1 aliphatic rings. The molecule has 1 fully saturated rings. The average Bonchev–Trinajstić information content (AvgIpc) is 1.83. The van der Waals surface area contributed by atoms with Crippen LogP contribution in [0.25, 0.3) is 0 Å². The van der Waals surface area contributed by atoms with Crippen LogP contribution >= 0.6 is 0 Å². The summed E-state index contributed by atoms with van der Waals surface area (Å²) in [6.45, 7) is 5.83. The van der Waals surface area contributed by atoms with Crippen molar-refractivity contribution in [3.63, 3.8) is 0 Å². The van der Waals surface area contributed by atoms with Gasteiger partial charge in [0.1, 0.15) is 6.42 Å². The number of nitriles is 1. The van der Waals surface area contributed by atoms with Crippen LogP contribution in [0.5, 0.6) is 0 Å². The van der Waals surface area contributed by atoms with Gasteiger partial charge < -0.3 is 4.90 Å². The highest BCUT2D eigenvalue weighted by Crippen LogP contribution is 2.28. The molecule has 1 heterocycles. The summed E-state index contributed by atoms with van der Waals surface area (Å²) in [6.07, 6.45) is 0.0239. The van der Waals surface area contributed by atoms with Crippen molar-refractivity contribution in [2.75, 3.05) is 13.1 Å². The molecule has 1 rings (SSSR count). The van der Waals surface area contributed by atoms with Crippen LogP contribution in [-0.4, -0.2) is 23.9 Å². The lowest BCUT2D eigenvalue weighted by atomic mass is 9.84. The van der Waals surface area contributed by atoms with Gasteiger partial charge in [0.15, 0.2) is 0 Å². The molecular weight excluding hydrogens is 140 g/mol. The summed E-state index contributed by atoms with van der Waals surface area (Å²) < 4.78 is 0. The third kappa shape index (κ3) is 1.70. The first-order valence-corrected chi connectivity index (χ1v) is 3.70. The maximum absolute atomic E-state index is 11.0. The first kappa shape index (κ1) is 8.06. The van der Waals surface area contributed by atoms with Gasteiger partial charge in [-0.1, -0.05) is 13.8 Å². The lowest BCUT2D eigenvalue weighted by Gasteiger charge is -2.45. The summed E-state index contributed by atoms with van der Waals surface area (Å²) in [5, 5.41) is 8.24. The molecule has 0 aromatic carbocycles. The van der Waals surface area contributed by atoms with Crippen LogP contribution in [0.3, 0.4) is 0 Å². The first-order valence-electron chi connectivity index (χ1n) is 3.70. The van der Waals surface area contributed by atoms with Gasteiger partial charge in [0.2, 0.25) is 5.91 Å². The highest BCUT2D eigenvalue weighted by Gasteiger charge is 2.36. The van der Waals surface area contributed by atoms with E-state index in [1.54, 1.807) is 4.90 Å². The van der Waals surface area contributed by atoms with Crippen LogP contribution in [-0.2, 0) is 4.79 Å². The Kier molecular flexibility index (Phi) is 1.86. The molecule has 0 aromatic rings. The van der Waals surface area contributed by atoms with Gasteiger partial charge >= 0.3 is 0 Å². The Hall–Kier alpha value is -1.04. The molecule has 1 aliphatic heterocycles. The molecule has 1 amide bonds. The quantitative estimate of drug-likeness (QED) is 0.557. The number of nitrogens with zero attached hydrogens (tertiary/aromatic N) is 2. The highest BCUT2D eigenvalue weighted by atomic mass is 16.2. The molecule has 0 aromatic heterocycles. The Morgan fingerprint density at radius 1 is 1.64 bits per heavy atom. The second-order valence-corrected chi connectivity index (χ2v) is 3.75. The van der Waals surface area contributed by atoms with Crippen molar-refractivity contribution in [1.82, 2.24) is 4.90 Å². The number of likely N-dealkylation sites (tertiary alicyclic amines) is 1. The summed E-state index contributed by atoms with van der Waals surface area (Å²) in [4.78, 5) is 12.7. The lowest BCUT2D eigenvalue weighted by molar-refractivity contribution is -0.140.